The number of para-hydroxylation sites is 1. The topological polar surface area (TPSA) is 41.9 Å². The Hall–Kier alpha value is -2.60. The Morgan fingerprint density at radius 2 is 1.96 bits per heavy atom. The molecule has 2 aromatic rings. The van der Waals surface area contributed by atoms with Crippen molar-refractivity contribution in [1.82, 2.24) is 4.90 Å². The average molecular weight is 370 g/mol. The number of likely N-dealkylation sites (N-methyl/N-ethyl adjacent to an activating group) is 1. The number of benzene rings is 2. The van der Waals surface area contributed by atoms with Crippen LogP contribution in [0.25, 0.3) is 6.08 Å². The lowest BCUT2D eigenvalue weighted by molar-refractivity contribution is -0.121. The third-order valence-corrected chi connectivity index (χ3v) is 4.66. The van der Waals surface area contributed by atoms with Crippen LogP contribution in [-0.4, -0.2) is 29.1 Å². The number of nitrogens with zero attached hydrogens (tertiary/aromatic N) is 2. The molecule has 0 N–H and O–H groups in total. The van der Waals surface area contributed by atoms with Crippen molar-refractivity contribution in [3.63, 3.8) is 0 Å². The Balaban J connectivity index is 1.87. The summed E-state index contributed by atoms with van der Waals surface area (Å²) >= 11 is 1.23. The van der Waals surface area contributed by atoms with Gasteiger partial charge >= 0.3 is 0 Å². The number of amidine groups is 1. The second kappa shape index (κ2) is 7.74. The van der Waals surface area contributed by atoms with E-state index in [-0.39, 0.29) is 17.7 Å². The highest BCUT2D eigenvalue weighted by Gasteiger charge is 2.30. The van der Waals surface area contributed by atoms with Gasteiger partial charge in [-0.3, -0.25) is 9.69 Å². The molecule has 134 valence electrons. The number of aliphatic imine (C=N–C) groups is 1. The summed E-state index contributed by atoms with van der Waals surface area (Å²) in [7, 11) is 1.63. The van der Waals surface area contributed by atoms with E-state index in [1.807, 2.05) is 38.1 Å². The first kappa shape index (κ1) is 18.2. The maximum atomic E-state index is 13.8. The molecule has 26 heavy (non-hydrogen) atoms. The Kier molecular flexibility index (Phi) is 5.42. The van der Waals surface area contributed by atoms with Gasteiger partial charge in [0, 0.05) is 7.05 Å². The van der Waals surface area contributed by atoms with Crippen molar-refractivity contribution in [3.8, 4) is 5.75 Å². The van der Waals surface area contributed by atoms with Crippen molar-refractivity contribution < 1.29 is 13.9 Å². The van der Waals surface area contributed by atoms with Crippen LogP contribution < -0.4 is 4.74 Å². The first-order chi connectivity index (χ1) is 12.4. The Bertz CT molecular complexity index is 893. The van der Waals surface area contributed by atoms with Crippen molar-refractivity contribution in [2.75, 3.05) is 7.05 Å². The van der Waals surface area contributed by atoms with E-state index in [9.17, 15) is 9.18 Å². The van der Waals surface area contributed by atoms with Crippen molar-refractivity contribution in [1.29, 1.82) is 0 Å². The first-order valence-corrected chi connectivity index (χ1v) is 9.03. The molecule has 6 heteroatoms. The van der Waals surface area contributed by atoms with Crippen LogP contribution in [0.4, 0.5) is 10.1 Å². The van der Waals surface area contributed by atoms with Gasteiger partial charge in [-0.1, -0.05) is 24.3 Å². The van der Waals surface area contributed by atoms with Crippen LogP contribution >= 0.6 is 11.8 Å². The molecule has 1 amide bonds. The highest BCUT2D eigenvalue weighted by molar-refractivity contribution is 8.18. The molecular weight excluding hydrogens is 351 g/mol. The lowest BCUT2D eigenvalue weighted by atomic mass is 10.2. The van der Waals surface area contributed by atoms with E-state index in [4.69, 9.17) is 4.74 Å². The van der Waals surface area contributed by atoms with Gasteiger partial charge in [0.05, 0.1) is 11.0 Å². The lowest BCUT2D eigenvalue weighted by Crippen LogP contribution is -2.23. The van der Waals surface area contributed by atoms with E-state index < -0.39 is 5.82 Å². The fourth-order valence-electron chi connectivity index (χ4n) is 2.40. The maximum Gasteiger partial charge on any atom is 0.266 e. The molecule has 0 bridgehead atoms. The molecule has 1 aliphatic heterocycles. The molecule has 2 aromatic carbocycles. The minimum absolute atomic E-state index is 0.0750. The standard InChI is InChI=1S/C20H19FN2O2S/c1-13(2)25-15-8-6-7-14(11-15)12-18-19(24)23(3)20(26-18)22-17-10-5-4-9-16(17)21/h4-13H,1-3H3/b18-12+,22-20?. The van der Waals surface area contributed by atoms with Crippen molar-refractivity contribution >= 4 is 34.6 Å². The lowest BCUT2D eigenvalue weighted by Gasteiger charge is -2.09. The zero-order chi connectivity index (χ0) is 18.7. The molecule has 0 aliphatic carbocycles. The molecule has 0 radical (unpaired) electrons. The summed E-state index contributed by atoms with van der Waals surface area (Å²) < 4.78 is 19.5. The smallest absolute Gasteiger partial charge is 0.266 e. The number of amides is 1. The number of rotatable bonds is 4. The van der Waals surface area contributed by atoms with Gasteiger partial charge in [0.25, 0.3) is 5.91 Å². The maximum absolute atomic E-state index is 13.8. The van der Waals surface area contributed by atoms with Gasteiger partial charge in [0.1, 0.15) is 17.3 Å². The minimum Gasteiger partial charge on any atom is -0.491 e. The molecule has 1 heterocycles. The Labute approximate surface area is 156 Å². The second-order valence-corrected chi connectivity index (χ2v) is 7.07. The average Bonchev–Trinajstić information content (AvgIpc) is 2.85. The van der Waals surface area contributed by atoms with Crippen molar-refractivity contribution in [2.45, 2.75) is 20.0 Å². The van der Waals surface area contributed by atoms with Gasteiger partial charge in [-0.2, -0.15) is 0 Å². The van der Waals surface area contributed by atoms with Gasteiger partial charge in [-0.25, -0.2) is 9.38 Å². The largest absolute Gasteiger partial charge is 0.491 e. The van der Waals surface area contributed by atoms with Gasteiger partial charge < -0.3 is 4.74 Å². The van der Waals surface area contributed by atoms with E-state index in [2.05, 4.69) is 4.99 Å². The van der Waals surface area contributed by atoms with E-state index in [0.29, 0.717) is 10.1 Å². The van der Waals surface area contributed by atoms with E-state index >= 15 is 0 Å². The number of thioether (sulfide) groups is 1. The summed E-state index contributed by atoms with van der Waals surface area (Å²) in [6.07, 6.45) is 1.87. The van der Waals surface area contributed by atoms with Crippen LogP contribution in [0, 0.1) is 5.82 Å². The summed E-state index contributed by atoms with van der Waals surface area (Å²) in [5, 5.41) is 0.445. The fourth-order valence-corrected chi connectivity index (χ4v) is 3.38. The number of halogens is 1. The van der Waals surface area contributed by atoms with Gasteiger partial charge in [-0.05, 0) is 61.5 Å². The van der Waals surface area contributed by atoms with E-state index in [1.165, 1.54) is 22.7 Å². The number of hydrogen-bond donors (Lipinski definition) is 0. The zero-order valence-corrected chi connectivity index (χ0v) is 15.6. The van der Waals surface area contributed by atoms with Crippen LogP contribution in [0.3, 0.4) is 0 Å². The number of ether oxygens (including phenoxy) is 1. The van der Waals surface area contributed by atoms with Gasteiger partial charge in [-0.15, -0.1) is 0 Å². The molecule has 1 fully saturated rings. The zero-order valence-electron chi connectivity index (χ0n) is 14.8. The summed E-state index contributed by atoms with van der Waals surface area (Å²) in [6.45, 7) is 3.92. The normalized spacial score (nSPS) is 17.6. The number of hydrogen-bond acceptors (Lipinski definition) is 4. The first-order valence-electron chi connectivity index (χ1n) is 8.21. The molecule has 0 spiro atoms. The predicted molar refractivity (Wildman–Crippen MR) is 104 cm³/mol. The second-order valence-electron chi connectivity index (χ2n) is 6.06. The summed E-state index contributed by atoms with van der Waals surface area (Å²) in [5.74, 6) is 0.163. The molecule has 3 rings (SSSR count). The van der Waals surface area contributed by atoms with Gasteiger partial charge in [0.2, 0.25) is 0 Å². The molecule has 0 saturated carbocycles. The monoisotopic (exact) mass is 370 g/mol. The molecular formula is C20H19FN2O2S. The third-order valence-electron chi connectivity index (χ3n) is 3.60. The molecule has 0 atom stereocenters. The highest BCUT2D eigenvalue weighted by Crippen LogP contribution is 2.34. The summed E-state index contributed by atoms with van der Waals surface area (Å²) in [6, 6.07) is 13.8. The number of carbonyl (C=O) groups is 1. The molecule has 0 aromatic heterocycles. The molecule has 4 nitrogen and oxygen atoms in total. The molecule has 1 saturated heterocycles. The van der Waals surface area contributed by atoms with E-state index in [1.54, 1.807) is 31.3 Å². The van der Waals surface area contributed by atoms with Crippen LogP contribution in [0.5, 0.6) is 5.75 Å². The van der Waals surface area contributed by atoms with Crippen LogP contribution in [0.15, 0.2) is 58.4 Å². The van der Waals surface area contributed by atoms with Crippen LogP contribution in [-0.2, 0) is 4.79 Å². The predicted octanol–water partition coefficient (Wildman–Crippen LogP) is 4.85. The third kappa shape index (κ3) is 4.14. The molecule has 0 unspecified atom stereocenters. The van der Waals surface area contributed by atoms with Gasteiger partial charge in [0.15, 0.2) is 5.17 Å². The minimum atomic E-state index is -0.419. The van der Waals surface area contributed by atoms with Crippen molar-refractivity contribution in [3.05, 3.63) is 64.8 Å². The van der Waals surface area contributed by atoms with Crippen molar-refractivity contribution in [2.24, 2.45) is 4.99 Å². The Morgan fingerprint density at radius 3 is 2.69 bits per heavy atom. The van der Waals surface area contributed by atoms with E-state index in [0.717, 1.165) is 11.3 Å². The quantitative estimate of drug-likeness (QED) is 0.723. The Morgan fingerprint density at radius 1 is 1.19 bits per heavy atom. The summed E-state index contributed by atoms with van der Waals surface area (Å²) in [5.41, 5.74) is 1.07. The van der Waals surface area contributed by atoms with Crippen LogP contribution in [0.2, 0.25) is 0 Å². The molecule has 1 aliphatic rings. The summed E-state index contributed by atoms with van der Waals surface area (Å²) in [4.78, 5) is 18.7. The SMILES string of the molecule is CC(C)Oc1cccc(/C=C2/SC(=Nc3ccccc3F)N(C)C2=O)c1. The highest BCUT2D eigenvalue weighted by atomic mass is 32.2. The number of carbonyl (C=O) groups excluding carboxylic acids is 1. The van der Waals surface area contributed by atoms with Crippen LogP contribution in [0.1, 0.15) is 19.4 Å². The fraction of sp³-hybridized carbons (Fsp3) is 0.200.